The minimum atomic E-state index is -0.218. The number of rotatable bonds is 4. The minimum absolute atomic E-state index is 0.218. The van der Waals surface area contributed by atoms with Crippen molar-refractivity contribution in [2.75, 3.05) is 10.6 Å². The lowest BCUT2D eigenvalue weighted by atomic mass is 10.1. The molecule has 0 fully saturated rings. The van der Waals surface area contributed by atoms with E-state index in [4.69, 9.17) is 0 Å². The summed E-state index contributed by atoms with van der Waals surface area (Å²) in [5, 5.41) is 5.78. The molecule has 4 nitrogen and oxygen atoms in total. The van der Waals surface area contributed by atoms with Gasteiger partial charge in [0.1, 0.15) is 0 Å². The summed E-state index contributed by atoms with van der Waals surface area (Å²) in [4.78, 5) is 25.3. The first kappa shape index (κ1) is 20.8. The molecule has 3 aromatic carbocycles. The standard InChI is InChI=1S/C22H18I2N2O2/c1-13-7-9-15(11-17(13)23)21(27)25-19-5-3-4-6-20(19)26-22(28)16-10-8-14(2)18(24)12-16/h3-12H,1-2H3,(H,25,27)(H,26,28). The van der Waals surface area contributed by atoms with Crippen LogP contribution in [-0.4, -0.2) is 11.8 Å². The molecule has 0 saturated heterocycles. The Morgan fingerprint density at radius 2 is 1.07 bits per heavy atom. The van der Waals surface area contributed by atoms with Gasteiger partial charge in [-0.1, -0.05) is 24.3 Å². The lowest BCUT2D eigenvalue weighted by molar-refractivity contribution is 0.101. The summed E-state index contributed by atoms with van der Waals surface area (Å²) in [5.74, 6) is -0.436. The van der Waals surface area contributed by atoms with E-state index in [-0.39, 0.29) is 11.8 Å². The monoisotopic (exact) mass is 596 g/mol. The number of benzene rings is 3. The fourth-order valence-corrected chi connectivity index (χ4v) is 3.59. The summed E-state index contributed by atoms with van der Waals surface area (Å²) < 4.78 is 2.06. The van der Waals surface area contributed by atoms with Crippen molar-refractivity contribution in [3.8, 4) is 0 Å². The highest BCUT2D eigenvalue weighted by Gasteiger charge is 2.13. The maximum atomic E-state index is 12.6. The van der Waals surface area contributed by atoms with Crippen LogP contribution in [0.1, 0.15) is 31.8 Å². The lowest BCUT2D eigenvalue weighted by Gasteiger charge is -2.13. The second kappa shape index (κ2) is 9.04. The smallest absolute Gasteiger partial charge is 0.255 e. The van der Waals surface area contributed by atoms with Gasteiger partial charge in [0.05, 0.1) is 11.4 Å². The molecule has 2 N–H and O–H groups in total. The fourth-order valence-electron chi connectivity index (χ4n) is 2.56. The zero-order chi connectivity index (χ0) is 20.3. The molecule has 0 atom stereocenters. The van der Waals surface area contributed by atoms with Crippen LogP contribution in [0.2, 0.25) is 0 Å². The first-order chi connectivity index (χ1) is 13.3. The molecule has 0 radical (unpaired) electrons. The van der Waals surface area contributed by atoms with Gasteiger partial charge in [0.15, 0.2) is 0 Å². The summed E-state index contributed by atoms with van der Waals surface area (Å²) in [6.07, 6.45) is 0. The van der Waals surface area contributed by atoms with Gasteiger partial charge in [-0.2, -0.15) is 0 Å². The molecule has 0 bridgehead atoms. The average Bonchev–Trinajstić information content (AvgIpc) is 2.67. The zero-order valence-electron chi connectivity index (χ0n) is 15.3. The van der Waals surface area contributed by atoms with Gasteiger partial charge in [-0.05, 0) is 107 Å². The summed E-state index contributed by atoms with van der Waals surface area (Å²) in [6.45, 7) is 4.00. The molecular formula is C22H18I2N2O2. The van der Waals surface area contributed by atoms with Crippen molar-refractivity contribution < 1.29 is 9.59 Å². The molecule has 3 aromatic rings. The maximum Gasteiger partial charge on any atom is 0.255 e. The van der Waals surface area contributed by atoms with Crippen LogP contribution in [0.3, 0.4) is 0 Å². The normalized spacial score (nSPS) is 10.4. The Labute approximate surface area is 191 Å². The van der Waals surface area contributed by atoms with Crippen molar-refractivity contribution in [2.24, 2.45) is 0 Å². The molecule has 0 saturated carbocycles. The molecule has 0 spiro atoms. The van der Waals surface area contributed by atoms with E-state index in [2.05, 4.69) is 55.8 Å². The van der Waals surface area contributed by atoms with Crippen LogP contribution in [0.15, 0.2) is 60.7 Å². The molecule has 0 aromatic heterocycles. The van der Waals surface area contributed by atoms with Crippen LogP contribution in [-0.2, 0) is 0 Å². The third-order valence-corrected chi connectivity index (χ3v) is 6.62. The predicted molar refractivity (Wildman–Crippen MR) is 130 cm³/mol. The van der Waals surface area contributed by atoms with Crippen molar-refractivity contribution in [3.05, 3.63) is 90.1 Å². The van der Waals surface area contributed by atoms with Crippen LogP contribution in [0.4, 0.5) is 11.4 Å². The molecular weight excluding hydrogens is 578 g/mol. The maximum absolute atomic E-state index is 12.6. The van der Waals surface area contributed by atoms with Gasteiger partial charge in [0.2, 0.25) is 0 Å². The van der Waals surface area contributed by atoms with Crippen molar-refractivity contribution in [1.82, 2.24) is 0 Å². The second-order valence-corrected chi connectivity index (χ2v) is 8.71. The van der Waals surface area contributed by atoms with Crippen molar-refractivity contribution >= 4 is 68.4 Å². The van der Waals surface area contributed by atoms with Crippen LogP contribution in [0, 0.1) is 21.0 Å². The highest BCUT2D eigenvalue weighted by molar-refractivity contribution is 14.1. The van der Waals surface area contributed by atoms with Gasteiger partial charge in [-0.15, -0.1) is 0 Å². The molecule has 0 heterocycles. The molecule has 2 amide bonds. The van der Waals surface area contributed by atoms with E-state index in [1.54, 1.807) is 24.3 Å². The number of hydrogen-bond donors (Lipinski definition) is 2. The van der Waals surface area contributed by atoms with E-state index in [1.165, 1.54) is 0 Å². The number of para-hydroxylation sites is 2. The largest absolute Gasteiger partial charge is 0.320 e. The van der Waals surface area contributed by atoms with Crippen LogP contribution in [0.25, 0.3) is 0 Å². The van der Waals surface area contributed by atoms with Gasteiger partial charge >= 0.3 is 0 Å². The van der Waals surface area contributed by atoms with Gasteiger partial charge < -0.3 is 10.6 Å². The first-order valence-corrected chi connectivity index (χ1v) is 10.7. The van der Waals surface area contributed by atoms with E-state index in [0.29, 0.717) is 22.5 Å². The number of halogens is 2. The van der Waals surface area contributed by atoms with Crippen LogP contribution >= 0.6 is 45.2 Å². The average molecular weight is 596 g/mol. The SMILES string of the molecule is Cc1ccc(C(=O)Nc2ccccc2NC(=O)c2ccc(C)c(I)c2)cc1I. The van der Waals surface area contributed by atoms with Crippen LogP contribution < -0.4 is 10.6 Å². The number of anilines is 2. The highest BCUT2D eigenvalue weighted by Crippen LogP contribution is 2.24. The summed E-state index contributed by atoms with van der Waals surface area (Å²) in [6, 6.07) is 18.3. The summed E-state index contributed by atoms with van der Waals surface area (Å²) >= 11 is 4.42. The molecule has 28 heavy (non-hydrogen) atoms. The number of aryl methyl sites for hydroxylation is 2. The Morgan fingerprint density at radius 1 is 0.679 bits per heavy atom. The second-order valence-electron chi connectivity index (χ2n) is 6.38. The Morgan fingerprint density at radius 3 is 1.43 bits per heavy atom. The first-order valence-electron chi connectivity index (χ1n) is 8.59. The van der Waals surface area contributed by atoms with Gasteiger partial charge in [0.25, 0.3) is 11.8 Å². The Balaban J connectivity index is 1.80. The topological polar surface area (TPSA) is 58.2 Å². The fraction of sp³-hybridized carbons (Fsp3) is 0.0909. The van der Waals surface area contributed by atoms with E-state index in [9.17, 15) is 9.59 Å². The third-order valence-electron chi connectivity index (χ3n) is 4.29. The predicted octanol–water partition coefficient (Wildman–Crippen LogP) is 6.02. The van der Waals surface area contributed by atoms with Crippen LogP contribution in [0.5, 0.6) is 0 Å². The Hall–Kier alpha value is -1.94. The Bertz CT molecular complexity index is 980. The number of nitrogens with one attached hydrogen (secondary N) is 2. The quantitative estimate of drug-likeness (QED) is 0.363. The lowest BCUT2D eigenvalue weighted by Crippen LogP contribution is -2.17. The van der Waals surface area contributed by atoms with Crippen molar-refractivity contribution in [2.45, 2.75) is 13.8 Å². The van der Waals surface area contributed by atoms with Gasteiger partial charge in [-0.3, -0.25) is 9.59 Å². The summed E-state index contributed by atoms with van der Waals surface area (Å²) in [7, 11) is 0. The van der Waals surface area contributed by atoms with E-state index < -0.39 is 0 Å². The summed E-state index contributed by atoms with van der Waals surface area (Å²) in [5.41, 5.74) is 4.50. The molecule has 0 aliphatic carbocycles. The van der Waals surface area contributed by atoms with E-state index in [1.807, 2.05) is 50.2 Å². The third kappa shape index (κ3) is 4.91. The van der Waals surface area contributed by atoms with Gasteiger partial charge in [-0.25, -0.2) is 0 Å². The highest BCUT2D eigenvalue weighted by atomic mass is 127. The molecule has 142 valence electrons. The number of carbonyl (C=O) groups excluding carboxylic acids is 2. The molecule has 0 aliphatic heterocycles. The molecule has 0 aliphatic rings. The number of amides is 2. The van der Waals surface area contributed by atoms with Crippen molar-refractivity contribution in [1.29, 1.82) is 0 Å². The zero-order valence-corrected chi connectivity index (χ0v) is 19.7. The van der Waals surface area contributed by atoms with E-state index >= 15 is 0 Å². The number of hydrogen-bond acceptors (Lipinski definition) is 2. The number of carbonyl (C=O) groups is 2. The molecule has 6 heteroatoms. The Kier molecular flexibility index (Phi) is 6.71. The van der Waals surface area contributed by atoms with E-state index in [0.717, 1.165) is 18.3 Å². The van der Waals surface area contributed by atoms with Gasteiger partial charge in [0, 0.05) is 18.3 Å². The molecule has 3 rings (SSSR count). The van der Waals surface area contributed by atoms with Crippen molar-refractivity contribution in [3.63, 3.8) is 0 Å². The molecule has 0 unspecified atom stereocenters. The minimum Gasteiger partial charge on any atom is -0.320 e.